The monoisotopic (exact) mass is 349 g/mol. The van der Waals surface area contributed by atoms with Gasteiger partial charge in [-0.2, -0.15) is 13.2 Å². The number of alkyl halides is 3. The number of carbonyl (C=O) groups excluding carboxylic acids is 2. The second-order valence-corrected chi connectivity index (χ2v) is 7.01. The Morgan fingerprint density at radius 3 is 2.46 bits per heavy atom. The lowest BCUT2D eigenvalue weighted by atomic mass is 10.0. The molecule has 3 atom stereocenters. The van der Waals surface area contributed by atoms with Crippen LogP contribution in [0.5, 0.6) is 0 Å². The maximum Gasteiger partial charge on any atom is 0.471 e. The van der Waals surface area contributed by atoms with Crippen LogP contribution in [0.4, 0.5) is 13.2 Å². The van der Waals surface area contributed by atoms with Crippen LogP contribution in [0, 0.1) is 0 Å². The van der Waals surface area contributed by atoms with Gasteiger partial charge in [-0.1, -0.05) is 0 Å². The summed E-state index contributed by atoms with van der Waals surface area (Å²) in [7, 11) is 1.59. The minimum atomic E-state index is -4.87. The molecule has 2 saturated heterocycles. The predicted molar refractivity (Wildman–Crippen MR) is 78.1 cm³/mol. The van der Waals surface area contributed by atoms with Crippen LogP contribution in [-0.4, -0.2) is 78.3 Å². The van der Waals surface area contributed by atoms with Gasteiger partial charge in [-0.15, -0.1) is 0 Å². The Kier molecular flexibility index (Phi) is 4.28. The molecule has 3 aliphatic rings. The largest absolute Gasteiger partial charge is 0.471 e. The molecule has 1 aliphatic carbocycles. The Morgan fingerprint density at radius 1 is 1.29 bits per heavy atom. The van der Waals surface area contributed by atoms with Crippen LogP contribution in [0.15, 0.2) is 0 Å². The van der Waals surface area contributed by atoms with Crippen molar-refractivity contribution in [2.75, 3.05) is 26.7 Å². The average molecular weight is 349 g/mol. The van der Waals surface area contributed by atoms with Crippen molar-refractivity contribution in [2.24, 2.45) is 0 Å². The summed E-state index contributed by atoms with van der Waals surface area (Å²) in [5, 5.41) is 3.10. The molecule has 136 valence electrons. The Bertz CT molecular complexity index is 536. The summed E-state index contributed by atoms with van der Waals surface area (Å²) in [4.78, 5) is 27.0. The highest BCUT2D eigenvalue weighted by Gasteiger charge is 2.60. The normalized spacial score (nSPS) is 32.3. The molecule has 1 spiro atoms. The molecule has 0 unspecified atom stereocenters. The van der Waals surface area contributed by atoms with Crippen molar-refractivity contribution in [3.63, 3.8) is 0 Å². The third-order valence-corrected chi connectivity index (χ3v) is 5.34. The van der Waals surface area contributed by atoms with Crippen LogP contribution in [-0.2, 0) is 14.3 Å². The number of amides is 2. The van der Waals surface area contributed by atoms with Crippen LogP contribution in [0.25, 0.3) is 0 Å². The van der Waals surface area contributed by atoms with Gasteiger partial charge in [0.15, 0.2) is 0 Å². The lowest BCUT2D eigenvalue weighted by molar-refractivity contribution is -0.193. The zero-order valence-corrected chi connectivity index (χ0v) is 13.7. The molecule has 0 aromatic carbocycles. The molecule has 0 aromatic heterocycles. The van der Waals surface area contributed by atoms with E-state index in [-0.39, 0.29) is 31.1 Å². The average Bonchev–Trinajstić information content (AvgIpc) is 3.12. The second-order valence-electron chi connectivity index (χ2n) is 7.01. The van der Waals surface area contributed by atoms with E-state index in [1.165, 1.54) is 0 Å². The molecular weight excluding hydrogens is 327 g/mol. The van der Waals surface area contributed by atoms with Crippen molar-refractivity contribution in [3.8, 4) is 0 Å². The highest BCUT2D eigenvalue weighted by Crippen LogP contribution is 2.47. The molecule has 0 radical (unpaired) electrons. The Morgan fingerprint density at radius 2 is 1.96 bits per heavy atom. The highest BCUT2D eigenvalue weighted by atomic mass is 19.4. The van der Waals surface area contributed by atoms with Crippen LogP contribution in [0.1, 0.15) is 26.2 Å². The molecule has 0 aromatic rings. The van der Waals surface area contributed by atoms with Gasteiger partial charge in [0, 0.05) is 32.8 Å². The van der Waals surface area contributed by atoms with E-state index in [0.29, 0.717) is 25.8 Å². The first-order chi connectivity index (χ1) is 11.2. The maximum absolute atomic E-state index is 12.8. The molecule has 0 bridgehead atoms. The summed E-state index contributed by atoms with van der Waals surface area (Å²) in [6.45, 7) is 2.36. The summed E-state index contributed by atoms with van der Waals surface area (Å²) in [6, 6.07) is -0.823. The van der Waals surface area contributed by atoms with Crippen LogP contribution < -0.4 is 5.32 Å². The first kappa shape index (κ1) is 17.5. The summed E-state index contributed by atoms with van der Waals surface area (Å²) < 4.78 is 43.7. The number of halogens is 3. The van der Waals surface area contributed by atoms with Gasteiger partial charge in [-0.25, -0.2) is 0 Å². The van der Waals surface area contributed by atoms with Gasteiger partial charge in [0.05, 0.1) is 17.7 Å². The fourth-order valence-electron chi connectivity index (χ4n) is 3.70. The maximum atomic E-state index is 12.8. The number of hydrogen-bond donors (Lipinski definition) is 1. The Balaban J connectivity index is 1.71. The molecule has 2 amide bonds. The van der Waals surface area contributed by atoms with Gasteiger partial charge in [-0.05, 0) is 26.2 Å². The molecule has 2 heterocycles. The van der Waals surface area contributed by atoms with Gasteiger partial charge >= 0.3 is 12.1 Å². The van der Waals surface area contributed by atoms with E-state index in [1.807, 2.05) is 0 Å². The van der Waals surface area contributed by atoms with Gasteiger partial charge in [0.1, 0.15) is 0 Å². The lowest BCUT2D eigenvalue weighted by Gasteiger charge is -2.46. The Hall–Kier alpha value is -1.35. The molecule has 3 fully saturated rings. The van der Waals surface area contributed by atoms with Crippen molar-refractivity contribution in [3.05, 3.63) is 0 Å². The standard InChI is InChI=1S/C15H22F3N3O3/c1-9-7-21(13(23)15(16,17)18)14(3-4-14)8-20(9)12(22)11-5-10(24-2)6-19-11/h9-11,19H,3-8H2,1-2H3/t9-,10+,11-/m0/s1. The number of piperazine rings is 1. The third-order valence-electron chi connectivity index (χ3n) is 5.34. The molecule has 6 nitrogen and oxygen atoms in total. The molecule has 1 N–H and O–H groups in total. The van der Waals surface area contributed by atoms with E-state index in [0.717, 1.165) is 4.90 Å². The van der Waals surface area contributed by atoms with Crippen LogP contribution in [0.3, 0.4) is 0 Å². The fraction of sp³-hybridized carbons (Fsp3) is 0.867. The summed E-state index contributed by atoms with van der Waals surface area (Å²) >= 11 is 0. The summed E-state index contributed by atoms with van der Waals surface area (Å²) in [5.74, 6) is -1.91. The van der Waals surface area contributed by atoms with E-state index in [9.17, 15) is 22.8 Å². The Labute approximate surface area is 138 Å². The summed E-state index contributed by atoms with van der Waals surface area (Å²) in [5.41, 5.74) is -0.839. The predicted octanol–water partition coefficient (Wildman–Crippen LogP) is 0.518. The van der Waals surface area contributed by atoms with E-state index in [1.54, 1.807) is 18.9 Å². The number of nitrogens with one attached hydrogen (secondary N) is 1. The molecule has 9 heteroatoms. The minimum Gasteiger partial charge on any atom is -0.380 e. The summed E-state index contributed by atoms with van der Waals surface area (Å²) in [6.07, 6.45) is -3.34. The minimum absolute atomic E-state index is 0.0303. The van der Waals surface area contributed by atoms with E-state index in [2.05, 4.69) is 5.32 Å². The smallest absolute Gasteiger partial charge is 0.380 e. The van der Waals surface area contributed by atoms with Crippen molar-refractivity contribution >= 4 is 11.8 Å². The van der Waals surface area contributed by atoms with E-state index in [4.69, 9.17) is 4.74 Å². The topological polar surface area (TPSA) is 61.9 Å². The van der Waals surface area contributed by atoms with Crippen molar-refractivity contribution < 1.29 is 27.5 Å². The number of carbonyl (C=O) groups is 2. The molecule has 1 saturated carbocycles. The highest BCUT2D eigenvalue weighted by molar-refractivity contribution is 5.85. The molecule has 3 rings (SSSR count). The second kappa shape index (κ2) is 5.87. The van der Waals surface area contributed by atoms with Gasteiger partial charge in [0.2, 0.25) is 5.91 Å². The first-order valence-corrected chi connectivity index (χ1v) is 8.13. The van der Waals surface area contributed by atoms with Crippen molar-refractivity contribution in [2.45, 2.75) is 56.1 Å². The lowest BCUT2D eigenvalue weighted by Crippen LogP contribution is -2.65. The third kappa shape index (κ3) is 2.99. The van der Waals surface area contributed by atoms with Gasteiger partial charge in [0.25, 0.3) is 0 Å². The zero-order chi connectivity index (χ0) is 17.7. The van der Waals surface area contributed by atoms with Crippen molar-refractivity contribution in [1.29, 1.82) is 0 Å². The SMILES string of the molecule is CO[C@H]1CN[C@H](C(=O)N2CC3(CC3)N(C(=O)C(F)(F)F)C[C@@H]2C)C1. The van der Waals surface area contributed by atoms with Gasteiger partial charge in [-0.3, -0.25) is 9.59 Å². The number of hydrogen-bond acceptors (Lipinski definition) is 4. The molecular formula is C15H22F3N3O3. The van der Waals surface area contributed by atoms with Crippen LogP contribution >= 0.6 is 0 Å². The number of rotatable bonds is 2. The zero-order valence-electron chi connectivity index (χ0n) is 13.7. The van der Waals surface area contributed by atoms with Crippen molar-refractivity contribution in [1.82, 2.24) is 15.1 Å². The van der Waals surface area contributed by atoms with Crippen LogP contribution in [0.2, 0.25) is 0 Å². The number of ether oxygens (including phenoxy) is 1. The van der Waals surface area contributed by atoms with Gasteiger partial charge < -0.3 is 19.9 Å². The fourth-order valence-corrected chi connectivity index (χ4v) is 3.70. The number of nitrogens with zero attached hydrogens (tertiary/aromatic N) is 2. The molecule has 2 aliphatic heterocycles. The number of methoxy groups -OCH3 is 1. The van der Waals surface area contributed by atoms with E-state index >= 15 is 0 Å². The quantitative estimate of drug-likeness (QED) is 0.790. The first-order valence-electron chi connectivity index (χ1n) is 8.13. The molecule has 24 heavy (non-hydrogen) atoms. The van der Waals surface area contributed by atoms with E-state index < -0.39 is 23.7 Å².